The zero-order valence-corrected chi connectivity index (χ0v) is 12.4. The molecule has 3 aromatic rings. The highest BCUT2D eigenvalue weighted by Gasteiger charge is 2.25. The van der Waals surface area contributed by atoms with Crippen LogP contribution in [0.1, 0.15) is 16.7 Å². The van der Waals surface area contributed by atoms with Crippen LogP contribution in [0, 0.1) is 0 Å². The fourth-order valence-electron chi connectivity index (χ4n) is 3.16. The third-order valence-corrected chi connectivity index (χ3v) is 4.13. The summed E-state index contributed by atoms with van der Waals surface area (Å²) in [4.78, 5) is 0. The van der Waals surface area contributed by atoms with Gasteiger partial charge in [0.2, 0.25) is 0 Å². The van der Waals surface area contributed by atoms with Crippen LogP contribution in [-0.2, 0) is 0 Å². The van der Waals surface area contributed by atoms with E-state index in [9.17, 15) is 0 Å². The van der Waals surface area contributed by atoms with Gasteiger partial charge in [-0.3, -0.25) is 0 Å². The quantitative estimate of drug-likeness (QED) is 0.487. The minimum atomic E-state index is 0.927. The highest BCUT2D eigenvalue weighted by molar-refractivity contribution is 6.08. The zero-order chi connectivity index (χ0) is 14.9. The average Bonchev–Trinajstić information content (AvgIpc) is 2.90. The van der Waals surface area contributed by atoms with E-state index >= 15 is 0 Å². The topological polar surface area (TPSA) is 9.23 Å². The summed E-state index contributed by atoms with van der Waals surface area (Å²) in [6.45, 7) is 0. The van der Waals surface area contributed by atoms with Crippen LogP contribution in [0.25, 0.3) is 22.8 Å². The first-order valence-corrected chi connectivity index (χ1v) is 7.42. The third kappa shape index (κ3) is 1.94. The van der Waals surface area contributed by atoms with E-state index < -0.39 is 0 Å². The largest absolute Gasteiger partial charge is 0.496 e. The van der Waals surface area contributed by atoms with E-state index in [0.717, 1.165) is 5.75 Å². The van der Waals surface area contributed by atoms with Gasteiger partial charge in [0, 0.05) is 5.56 Å². The molecule has 1 heteroatoms. The molecule has 0 saturated heterocycles. The van der Waals surface area contributed by atoms with E-state index in [-0.39, 0.29) is 0 Å². The first-order chi connectivity index (χ1) is 10.9. The Kier molecular flexibility index (Phi) is 3.05. The Hall–Kier alpha value is -2.80. The molecule has 0 heterocycles. The van der Waals surface area contributed by atoms with E-state index in [0.29, 0.717) is 0 Å². The predicted molar refractivity (Wildman–Crippen MR) is 91.8 cm³/mol. The van der Waals surface area contributed by atoms with E-state index in [4.69, 9.17) is 4.74 Å². The van der Waals surface area contributed by atoms with Gasteiger partial charge in [0.1, 0.15) is 5.75 Å². The number of hydrogen-bond donors (Lipinski definition) is 0. The molecule has 1 aliphatic carbocycles. The molecule has 22 heavy (non-hydrogen) atoms. The number of fused-ring (bicyclic) bond motifs is 3. The maximum atomic E-state index is 5.62. The summed E-state index contributed by atoms with van der Waals surface area (Å²) >= 11 is 0. The Balaban J connectivity index is 2.02. The number of ether oxygens (including phenoxy) is 1. The summed E-state index contributed by atoms with van der Waals surface area (Å²) in [7, 11) is 1.73. The predicted octanol–water partition coefficient (Wildman–Crippen LogP) is 5.26. The number of rotatable bonds is 2. The standard InChI is InChI=1S/C21H16O/c1-22-20-13-7-12-18-16-10-5-6-11-17(16)19(21(18)20)14-15-8-3-2-4-9-15/h2-14H,1H3/b19-14+. The Morgan fingerprint density at radius 1 is 0.682 bits per heavy atom. The summed E-state index contributed by atoms with van der Waals surface area (Å²) in [5, 5.41) is 0. The van der Waals surface area contributed by atoms with Crippen molar-refractivity contribution in [2.75, 3.05) is 7.11 Å². The van der Waals surface area contributed by atoms with Gasteiger partial charge in [-0.15, -0.1) is 0 Å². The highest BCUT2D eigenvalue weighted by atomic mass is 16.5. The number of methoxy groups -OCH3 is 1. The molecule has 4 rings (SSSR count). The molecule has 0 saturated carbocycles. The van der Waals surface area contributed by atoms with Gasteiger partial charge in [-0.1, -0.05) is 66.7 Å². The fraction of sp³-hybridized carbons (Fsp3) is 0.0476. The van der Waals surface area contributed by atoms with Gasteiger partial charge in [0.25, 0.3) is 0 Å². The molecule has 0 bridgehead atoms. The van der Waals surface area contributed by atoms with Crippen LogP contribution in [0.15, 0.2) is 72.8 Å². The maximum Gasteiger partial charge on any atom is 0.127 e. The van der Waals surface area contributed by atoms with Crippen molar-refractivity contribution in [2.45, 2.75) is 0 Å². The van der Waals surface area contributed by atoms with Gasteiger partial charge >= 0.3 is 0 Å². The van der Waals surface area contributed by atoms with Gasteiger partial charge in [-0.2, -0.15) is 0 Å². The molecule has 106 valence electrons. The molecule has 0 aromatic heterocycles. The van der Waals surface area contributed by atoms with Crippen molar-refractivity contribution in [1.29, 1.82) is 0 Å². The fourth-order valence-corrected chi connectivity index (χ4v) is 3.16. The van der Waals surface area contributed by atoms with E-state index in [1.54, 1.807) is 7.11 Å². The molecular formula is C21H16O. The van der Waals surface area contributed by atoms with Crippen LogP contribution < -0.4 is 4.74 Å². The monoisotopic (exact) mass is 284 g/mol. The summed E-state index contributed by atoms with van der Waals surface area (Å²) in [5.41, 5.74) is 7.41. The summed E-state index contributed by atoms with van der Waals surface area (Å²) < 4.78 is 5.62. The van der Waals surface area contributed by atoms with Gasteiger partial charge in [-0.05, 0) is 40.0 Å². The normalized spacial score (nSPS) is 13.8. The Bertz CT molecular complexity index is 860. The van der Waals surface area contributed by atoms with Gasteiger partial charge in [0.05, 0.1) is 7.11 Å². The minimum Gasteiger partial charge on any atom is -0.496 e. The highest BCUT2D eigenvalue weighted by Crippen LogP contribution is 2.48. The second-order valence-corrected chi connectivity index (χ2v) is 5.40. The lowest BCUT2D eigenvalue weighted by Crippen LogP contribution is -1.90. The summed E-state index contributed by atoms with van der Waals surface area (Å²) in [6, 6.07) is 25.2. The Morgan fingerprint density at radius 3 is 2.14 bits per heavy atom. The van der Waals surface area contributed by atoms with Crippen molar-refractivity contribution < 1.29 is 4.74 Å². The van der Waals surface area contributed by atoms with Crippen molar-refractivity contribution in [3.63, 3.8) is 0 Å². The Labute approximate surface area is 130 Å². The van der Waals surface area contributed by atoms with Crippen LogP contribution >= 0.6 is 0 Å². The van der Waals surface area contributed by atoms with Crippen molar-refractivity contribution in [3.05, 3.63) is 89.5 Å². The molecule has 0 unspecified atom stereocenters. The lowest BCUT2D eigenvalue weighted by molar-refractivity contribution is 0.414. The molecule has 0 fully saturated rings. The minimum absolute atomic E-state index is 0.927. The van der Waals surface area contributed by atoms with Gasteiger partial charge in [0.15, 0.2) is 0 Å². The summed E-state index contributed by atoms with van der Waals surface area (Å²) in [6.07, 6.45) is 2.24. The molecule has 0 atom stereocenters. The van der Waals surface area contributed by atoms with Crippen LogP contribution in [0.5, 0.6) is 5.75 Å². The summed E-state index contributed by atoms with van der Waals surface area (Å²) in [5.74, 6) is 0.927. The van der Waals surface area contributed by atoms with E-state index in [1.165, 1.54) is 33.4 Å². The maximum absolute atomic E-state index is 5.62. The zero-order valence-electron chi connectivity index (χ0n) is 12.4. The van der Waals surface area contributed by atoms with Gasteiger partial charge in [-0.25, -0.2) is 0 Å². The smallest absolute Gasteiger partial charge is 0.127 e. The van der Waals surface area contributed by atoms with Crippen LogP contribution in [0.3, 0.4) is 0 Å². The molecule has 1 nitrogen and oxygen atoms in total. The average molecular weight is 284 g/mol. The molecule has 0 radical (unpaired) electrons. The SMILES string of the molecule is COc1cccc2c1/C(=C/c1ccccc1)c1ccccc1-2. The lowest BCUT2D eigenvalue weighted by atomic mass is 10.0. The van der Waals surface area contributed by atoms with Crippen molar-refractivity contribution in [1.82, 2.24) is 0 Å². The second kappa shape index (κ2) is 5.19. The van der Waals surface area contributed by atoms with Crippen LogP contribution in [-0.4, -0.2) is 7.11 Å². The molecule has 3 aromatic carbocycles. The first kappa shape index (κ1) is 12.9. The van der Waals surface area contributed by atoms with E-state index in [1.807, 2.05) is 12.1 Å². The molecule has 0 N–H and O–H groups in total. The lowest BCUT2D eigenvalue weighted by Gasteiger charge is -2.09. The molecule has 0 aliphatic heterocycles. The van der Waals surface area contributed by atoms with Gasteiger partial charge < -0.3 is 4.74 Å². The van der Waals surface area contributed by atoms with Crippen LogP contribution in [0.4, 0.5) is 0 Å². The third-order valence-electron chi connectivity index (χ3n) is 4.13. The molecular weight excluding hydrogens is 268 g/mol. The second-order valence-electron chi connectivity index (χ2n) is 5.40. The number of benzene rings is 3. The molecule has 1 aliphatic rings. The molecule has 0 amide bonds. The van der Waals surface area contributed by atoms with E-state index in [2.05, 4.69) is 66.7 Å². The first-order valence-electron chi connectivity index (χ1n) is 7.42. The Morgan fingerprint density at radius 2 is 1.36 bits per heavy atom. The molecule has 0 spiro atoms. The van der Waals surface area contributed by atoms with Crippen LogP contribution in [0.2, 0.25) is 0 Å². The van der Waals surface area contributed by atoms with Crippen molar-refractivity contribution >= 4 is 11.6 Å². The van der Waals surface area contributed by atoms with Crippen molar-refractivity contribution in [2.24, 2.45) is 0 Å². The number of hydrogen-bond acceptors (Lipinski definition) is 1. The van der Waals surface area contributed by atoms with Crippen molar-refractivity contribution in [3.8, 4) is 16.9 Å².